The van der Waals surface area contributed by atoms with Crippen molar-refractivity contribution in [1.29, 1.82) is 0 Å². The highest BCUT2D eigenvalue weighted by Gasteiger charge is 2.44. The predicted molar refractivity (Wildman–Crippen MR) is 111 cm³/mol. The van der Waals surface area contributed by atoms with E-state index < -0.39 is 46.6 Å². The Hall–Kier alpha value is -3.46. The first-order valence-electron chi connectivity index (χ1n) is 9.56. The standard InChI is InChI=1S/C23H13F5N2OS/c24-18-13(19(25)21(27)22(28)20(18)26)10-17(31)30-15(12-6-2-1-3-7-12)11-29-14-8-4-5-9-16(14)32-23(29)30/h1-10,15H,11H2/p+1/b17-10-/t15-/m0/s1. The summed E-state index contributed by atoms with van der Waals surface area (Å²) in [4.78, 5) is 1.44. The van der Waals surface area contributed by atoms with E-state index in [1.807, 2.05) is 59.2 Å². The molecule has 32 heavy (non-hydrogen) atoms. The van der Waals surface area contributed by atoms with E-state index in [4.69, 9.17) is 0 Å². The van der Waals surface area contributed by atoms with E-state index in [-0.39, 0.29) is 0 Å². The van der Waals surface area contributed by atoms with Crippen molar-refractivity contribution in [3.05, 3.63) is 101 Å². The molecule has 0 radical (unpaired) electrons. The van der Waals surface area contributed by atoms with Crippen LogP contribution in [0.3, 0.4) is 0 Å². The summed E-state index contributed by atoms with van der Waals surface area (Å²) >= 11 is 1.34. The van der Waals surface area contributed by atoms with Crippen LogP contribution < -0.4 is 9.47 Å². The molecule has 3 nitrogen and oxygen atoms in total. The number of aromatic nitrogens is 1. The molecule has 0 saturated heterocycles. The topological polar surface area (TPSA) is 27.3 Å². The molecule has 2 heterocycles. The summed E-state index contributed by atoms with van der Waals surface area (Å²) in [6.45, 7) is 0.415. The average Bonchev–Trinajstić information content (AvgIpc) is 3.36. The van der Waals surface area contributed by atoms with Crippen LogP contribution in [-0.2, 0) is 6.54 Å². The summed E-state index contributed by atoms with van der Waals surface area (Å²) < 4.78 is 72.1. The van der Waals surface area contributed by atoms with E-state index in [1.54, 1.807) is 0 Å². The first-order chi connectivity index (χ1) is 15.4. The van der Waals surface area contributed by atoms with Crippen LogP contribution in [0.2, 0.25) is 0 Å². The van der Waals surface area contributed by atoms with Crippen LogP contribution in [0.15, 0.2) is 60.5 Å². The van der Waals surface area contributed by atoms with Crippen molar-refractivity contribution < 1.29 is 31.6 Å². The Kier molecular flexibility index (Phi) is 4.85. The van der Waals surface area contributed by atoms with Gasteiger partial charge in [-0.05, 0) is 23.5 Å². The highest BCUT2D eigenvalue weighted by Crippen LogP contribution is 2.41. The second kappa shape index (κ2) is 7.59. The molecule has 0 amide bonds. The number of hydrogen-bond acceptors (Lipinski definition) is 3. The van der Waals surface area contributed by atoms with E-state index in [0.717, 1.165) is 15.8 Å². The van der Waals surface area contributed by atoms with E-state index in [9.17, 15) is 27.1 Å². The van der Waals surface area contributed by atoms with Gasteiger partial charge in [-0.25, -0.2) is 26.5 Å². The number of para-hydroxylation sites is 1. The van der Waals surface area contributed by atoms with Crippen molar-refractivity contribution in [2.75, 3.05) is 4.90 Å². The maximum absolute atomic E-state index is 14.2. The second-order valence-corrected chi connectivity index (χ2v) is 8.25. The summed E-state index contributed by atoms with van der Waals surface area (Å²) in [5.41, 5.74) is 0.509. The molecule has 1 aliphatic heterocycles. The Morgan fingerprint density at radius 3 is 2.16 bits per heavy atom. The molecule has 1 aromatic heterocycles. The van der Waals surface area contributed by atoms with Crippen molar-refractivity contribution in [3.63, 3.8) is 0 Å². The van der Waals surface area contributed by atoms with Crippen LogP contribution in [-0.4, -0.2) is 5.11 Å². The number of thiazole rings is 1. The van der Waals surface area contributed by atoms with Crippen LogP contribution in [0.25, 0.3) is 16.3 Å². The van der Waals surface area contributed by atoms with E-state index >= 15 is 0 Å². The number of nitrogens with zero attached hydrogens (tertiary/aromatic N) is 2. The van der Waals surface area contributed by atoms with Crippen molar-refractivity contribution in [2.45, 2.75) is 12.6 Å². The van der Waals surface area contributed by atoms with Gasteiger partial charge in [-0.2, -0.15) is 4.90 Å². The van der Waals surface area contributed by atoms with Gasteiger partial charge in [0.15, 0.2) is 29.3 Å². The number of rotatable bonds is 3. The van der Waals surface area contributed by atoms with Gasteiger partial charge in [-0.15, -0.1) is 0 Å². The minimum atomic E-state index is -2.25. The van der Waals surface area contributed by atoms with Gasteiger partial charge in [0.2, 0.25) is 5.82 Å². The Bertz CT molecular complexity index is 1360. The summed E-state index contributed by atoms with van der Waals surface area (Å²) in [5, 5.41) is 11.5. The average molecular weight is 461 g/mol. The Balaban J connectivity index is 1.69. The summed E-state index contributed by atoms with van der Waals surface area (Å²) in [6, 6.07) is 16.2. The summed E-state index contributed by atoms with van der Waals surface area (Å²) in [7, 11) is 0. The lowest BCUT2D eigenvalue weighted by Gasteiger charge is -2.17. The van der Waals surface area contributed by atoms with Crippen LogP contribution >= 0.6 is 11.3 Å². The summed E-state index contributed by atoms with van der Waals surface area (Å²) in [6.07, 6.45) is 0.576. The maximum atomic E-state index is 14.2. The Morgan fingerprint density at radius 1 is 0.875 bits per heavy atom. The maximum Gasteiger partial charge on any atom is 0.345 e. The fourth-order valence-electron chi connectivity index (χ4n) is 3.90. The van der Waals surface area contributed by atoms with Crippen LogP contribution in [0.1, 0.15) is 17.2 Å². The van der Waals surface area contributed by atoms with Gasteiger partial charge in [-0.3, -0.25) is 0 Å². The molecule has 1 aliphatic rings. The minimum absolute atomic E-state index is 0.415. The molecular weight excluding hydrogens is 447 g/mol. The molecule has 9 heteroatoms. The largest absolute Gasteiger partial charge is 0.478 e. The smallest absolute Gasteiger partial charge is 0.345 e. The lowest BCUT2D eigenvalue weighted by Crippen LogP contribution is -2.29. The third-order valence-electron chi connectivity index (χ3n) is 5.41. The van der Waals surface area contributed by atoms with Gasteiger partial charge < -0.3 is 5.11 Å². The zero-order valence-corrected chi connectivity index (χ0v) is 17.0. The molecule has 0 bridgehead atoms. The molecule has 1 N–H and O–H groups in total. The number of benzene rings is 3. The number of halogens is 5. The Labute approximate surface area is 182 Å². The molecule has 0 fully saturated rings. The Morgan fingerprint density at radius 2 is 1.47 bits per heavy atom. The predicted octanol–water partition coefficient (Wildman–Crippen LogP) is 6.00. The van der Waals surface area contributed by atoms with E-state index in [0.29, 0.717) is 17.8 Å². The lowest BCUT2D eigenvalue weighted by molar-refractivity contribution is -0.644. The molecule has 1 atom stereocenters. The number of aliphatic hydroxyl groups excluding tert-OH is 1. The first-order valence-corrected chi connectivity index (χ1v) is 10.4. The van der Waals surface area contributed by atoms with Gasteiger partial charge in [0.25, 0.3) is 5.88 Å². The van der Waals surface area contributed by atoms with Gasteiger partial charge in [-0.1, -0.05) is 42.5 Å². The monoisotopic (exact) mass is 461 g/mol. The number of anilines is 1. The van der Waals surface area contributed by atoms with Crippen molar-refractivity contribution >= 4 is 32.8 Å². The molecular formula is C23H14F5N2OS+. The van der Waals surface area contributed by atoms with Crippen molar-refractivity contribution in [1.82, 2.24) is 0 Å². The number of hydrogen-bond donors (Lipinski definition) is 1. The molecule has 162 valence electrons. The van der Waals surface area contributed by atoms with Gasteiger partial charge in [0.1, 0.15) is 12.1 Å². The highest BCUT2D eigenvalue weighted by molar-refractivity contribution is 7.21. The highest BCUT2D eigenvalue weighted by atomic mass is 32.1. The molecule has 0 saturated carbocycles. The fraction of sp³-hybridized carbons (Fsp3) is 0.0870. The SMILES string of the molecule is O/C(=C\c1c(F)c(F)c(F)c(F)c1F)N1c2sc3ccccc3[n+]2C[C@H]1c1ccccc1. The fourth-order valence-corrected chi connectivity index (χ4v) is 5.13. The molecule has 5 rings (SSSR count). The van der Waals surface area contributed by atoms with Gasteiger partial charge >= 0.3 is 5.13 Å². The van der Waals surface area contributed by atoms with E-state index in [1.165, 1.54) is 16.2 Å². The second-order valence-electron chi connectivity index (χ2n) is 7.25. The van der Waals surface area contributed by atoms with Crippen LogP contribution in [0, 0.1) is 29.1 Å². The van der Waals surface area contributed by atoms with Crippen LogP contribution in [0.5, 0.6) is 0 Å². The van der Waals surface area contributed by atoms with E-state index in [2.05, 4.69) is 0 Å². The molecule has 0 unspecified atom stereocenters. The van der Waals surface area contributed by atoms with Gasteiger partial charge in [0.05, 0.1) is 10.3 Å². The van der Waals surface area contributed by atoms with Crippen LogP contribution in [0.4, 0.5) is 27.1 Å². The molecule has 0 aliphatic carbocycles. The lowest BCUT2D eigenvalue weighted by atomic mass is 10.1. The number of aliphatic hydroxyl groups is 1. The normalized spacial score (nSPS) is 16.1. The minimum Gasteiger partial charge on any atom is -0.478 e. The van der Waals surface area contributed by atoms with Crippen molar-refractivity contribution in [2.24, 2.45) is 0 Å². The summed E-state index contributed by atoms with van der Waals surface area (Å²) in [5.74, 6) is -11.0. The number of fused-ring (bicyclic) bond motifs is 3. The molecule has 4 aromatic rings. The molecule has 0 spiro atoms. The third-order valence-corrected chi connectivity index (χ3v) is 6.57. The quantitative estimate of drug-likeness (QED) is 0.133. The van der Waals surface area contributed by atoms with Crippen molar-refractivity contribution in [3.8, 4) is 0 Å². The van der Waals surface area contributed by atoms with Gasteiger partial charge in [0, 0.05) is 11.6 Å². The molecule has 3 aromatic carbocycles. The zero-order chi connectivity index (χ0) is 22.6. The third kappa shape index (κ3) is 3.03. The zero-order valence-electron chi connectivity index (χ0n) is 16.2. The first kappa shape index (κ1) is 20.4.